The van der Waals surface area contributed by atoms with Crippen molar-refractivity contribution in [3.63, 3.8) is 0 Å². The molecular formula is C47H34N4. The Bertz CT molecular complexity index is 2480. The highest BCUT2D eigenvalue weighted by Gasteiger charge is 2.48. The van der Waals surface area contributed by atoms with Crippen LogP contribution >= 0.6 is 0 Å². The Labute approximate surface area is 298 Å². The van der Waals surface area contributed by atoms with E-state index in [9.17, 15) is 0 Å². The lowest BCUT2D eigenvalue weighted by atomic mass is 9.79. The molecule has 0 radical (unpaired) electrons. The standard InChI is InChI=1S/C47H34N4/c1-47-28-27-35(30-41(47)40-21-12-20-39-38-19-10-8-17-36(38)29-37-18-9-11-22-42(37)51(47)43(39)40)31-23-25-34(26-24-31)46-49-44(32-13-4-2-5-14-32)48-45(50-46)33-15-6-3-7-16-33/h2-27,30H,28-29H2,1H3. The van der Waals surface area contributed by atoms with Crippen molar-refractivity contribution in [3.8, 4) is 45.3 Å². The highest BCUT2D eigenvalue weighted by Crippen LogP contribution is 2.59. The van der Waals surface area contributed by atoms with Crippen molar-refractivity contribution in [2.75, 3.05) is 4.90 Å². The molecule has 51 heavy (non-hydrogen) atoms. The number of nitrogens with zero attached hydrogens (tertiary/aromatic N) is 4. The van der Waals surface area contributed by atoms with Gasteiger partial charge in [-0.2, -0.15) is 0 Å². The Morgan fingerprint density at radius 1 is 0.490 bits per heavy atom. The average Bonchev–Trinajstić information content (AvgIpc) is 3.46. The molecule has 0 saturated heterocycles. The lowest BCUT2D eigenvalue weighted by Crippen LogP contribution is -2.41. The van der Waals surface area contributed by atoms with Crippen molar-refractivity contribution in [2.45, 2.75) is 25.3 Å². The minimum absolute atomic E-state index is 0.211. The summed E-state index contributed by atoms with van der Waals surface area (Å²) in [6.07, 6.45) is 6.66. The molecule has 1 atom stereocenters. The summed E-state index contributed by atoms with van der Waals surface area (Å²) in [5.41, 5.74) is 15.8. The number of aromatic nitrogens is 3. The third kappa shape index (κ3) is 4.79. The van der Waals surface area contributed by atoms with Gasteiger partial charge in [0, 0.05) is 39.9 Å². The molecule has 0 N–H and O–H groups in total. The van der Waals surface area contributed by atoms with Gasteiger partial charge in [-0.05, 0) is 58.9 Å². The fourth-order valence-corrected chi connectivity index (χ4v) is 8.19. The second-order valence-corrected chi connectivity index (χ2v) is 13.8. The van der Waals surface area contributed by atoms with Crippen molar-refractivity contribution >= 4 is 22.5 Å². The zero-order valence-electron chi connectivity index (χ0n) is 28.3. The van der Waals surface area contributed by atoms with E-state index in [0.29, 0.717) is 17.5 Å². The van der Waals surface area contributed by atoms with Gasteiger partial charge in [-0.15, -0.1) is 0 Å². The predicted octanol–water partition coefficient (Wildman–Crippen LogP) is 11.2. The van der Waals surface area contributed by atoms with Crippen LogP contribution in [0.4, 0.5) is 11.4 Å². The number of hydrogen-bond acceptors (Lipinski definition) is 4. The summed E-state index contributed by atoms with van der Waals surface area (Å²) in [6, 6.07) is 53.7. The van der Waals surface area contributed by atoms with Crippen molar-refractivity contribution in [1.82, 2.24) is 15.0 Å². The molecule has 3 aliphatic rings. The van der Waals surface area contributed by atoms with Crippen molar-refractivity contribution in [2.24, 2.45) is 0 Å². The summed E-state index contributed by atoms with van der Waals surface area (Å²) in [5.74, 6) is 1.99. The highest BCUT2D eigenvalue weighted by atomic mass is 15.2. The number of rotatable bonds is 4. The smallest absolute Gasteiger partial charge is 0.164 e. The van der Waals surface area contributed by atoms with Crippen LogP contribution in [0.3, 0.4) is 0 Å². The van der Waals surface area contributed by atoms with E-state index < -0.39 is 0 Å². The van der Waals surface area contributed by atoms with Crippen molar-refractivity contribution < 1.29 is 0 Å². The molecule has 242 valence electrons. The molecular weight excluding hydrogens is 621 g/mol. The molecule has 0 fully saturated rings. The molecule has 3 heterocycles. The van der Waals surface area contributed by atoms with Crippen LogP contribution in [0.5, 0.6) is 0 Å². The molecule has 4 heteroatoms. The lowest BCUT2D eigenvalue weighted by molar-refractivity contribution is 0.607. The summed E-state index contributed by atoms with van der Waals surface area (Å²) < 4.78 is 0. The fraction of sp³-hybridized carbons (Fsp3) is 0.0851. The second-order valence-electron chi connectivity index (χ2n) is 13.8. The highest BCUT2D eigenvalue weighted by molar-refractivity contribution is 6.06. The Kier molecular flexibility index (Phi) is 6.72. The van der Waals surface area contributed by atoms with Gasteiger partial charge in [0.25, 0.3) is 0 Å². The van der Waals surface area contributed by atoms with Gasteiger partial charge in [0.05, 0.1) is 11.2 Å². The Hall–Kier alpha value is -6.39. The topological polar surface area (TPSA) is 41.9 Å². The zero-order chi connectivity index (χ0) is 33.9. The lowest BCUT2D eigenvalue weighted by Gasteiger charge is -2.41. The summed E-state index contributed by atoms with van der Waals surface area (Å²) in [4.78, 5) is 17.4. The van der Waals surface area contributed by atoms with Crippen LogP contribution in [0.1, 0.15) is 35.6 Å². The Morgan fingerprint density at radius 3 is 1.71 bits per heavy atom. The summed E-state index contributed by atoms with van der Waals surface area (Å²) >= 11 is 0. The number of benzene rings is 6. The molecule has 7 aromatic rings. The van der Waals surface area contributed by atoms with Crippen molar-refractivity contribution in [1.29, 1.82) is 0 Å². The van der Waals surface area contributed by atoms with E-state index in [4.69, 9.17) is 15.0 Å². The normalized spacial score (nSPS) is 16.8. The van der Waals surface area contributed by atoms with Gasteiger partial charge >= 0.3 is 0 Å². The molecule has 0 spiro atoms. The Balaban J connectivity index is 1.06. The molecule has 0 amide bonds. The quantitative estimate of drug-likeness (QED) is 0.189. The number of hydrogen-bond donors (Lipinski definition) is 0. The molecule has 1 aliphatic carbocycles. The zero-order valence-corrected chi connectivity index (χ0v) is 28.3. The van der Waals surface area contributed by atoms with Crippen LogP contribution < -0.4 is 4.90 Å². The number of allylic oxidation sites excluding steroid dienone is 2. The maximum Gasteiger partial charge on any atom is 0.164 e. The van der Waals surface area contributed by atoms with E-state index in [2.05, 4.69) is 115 Å². The van der Waals surface area contributed by atoms with Crippen LogP contribution in [0, 0.1) is 0 Å². The van der Waals surface area contributed by atoms with Crippen molar-refractivity contribution in [3.05, 3.63) is 186 Å². The first kappa shape index (κ1) is 29.5. The van der Waals surface area contributed by atoms with E-state index in [1.54, 1.807) is 0 Å². The fourth-order valence-electron chi connectivity index (χ4n) is 8.19. The first-order chi connectivity index (χ1) is 25.1. The minimum Gasteiger partial charge on any atom is -0.330 e. The van der Waals surface area contributed by atoms with Gasteiger partial charge in [-0.3, -0.25) is 0 Å². The Morgan fingerprint density at radius 2 is 1.02 bits per heavy atom. The predicted molar refractivity (Wildman–Crippen MR) is 208 cm³/mol. The van der Waals surface area contributed by atoms with Gasteiger partial charge < -0.3 is 4.90 Å². The molecule has 10 rings (SSSR count). The molecule has 1 unspecified atom stereocenters. The van der Waals surface area contributed by atoms with Crippen LogP contribution in [0.25, 0.3) is 56.4 Å². The van der Waals surface area contributed by atoms with Gasteiger partial charge in [-0.25, -0.2) is 15.0 Å². The first-order valence-corrected chi connectivity index (χ1v) is 17.6. The third-order valence-electron chi connectivity index (χ3n) is 10.7. The first-order valence-electron chi connectivity index (χ1n) is 17.6. The molecule has 1 aromatic heterocycles. The summed E-state index contributed by atoms with van der Waals surface area (Å²) in [7, 11) is 0. The van der Waals surface area contributed by atoms with E-state index in [-0.39, 0.29) is 5.54 Å². The molecule has 2 aliphatic heterocycles. The number of anilines is 2. The van der Waals surface area contributed by atoms with Gasteiger partial charge in [0.15, 0.2) is 17.5 Å². The SMILES string of the molecule is CC12CC=C(c3ccc(-c4nc(-c5ccccc5)nc(-c5ccccc5)n4)cc3)C=C1c1cccc3c1N2c1ccccc1Cc1ccccc1-3. The maximum absolute atomic E-state index is 4.95. The van der Waals surface area contributed by atoms with E-state index >= 15 is 0 Å². The molecule has 6 aromatic carbocycles. The monoisotopic (exact) mass is 654 g/mol. The van der Waals surface area contributed by atoms with Gasteiger partial charge in [0.1, 0.15) is 0 Å². The number of para-hydroxylation sites is 2. The van der Waals surface area contributed by atoms with Crippen LogP contribution in [0.15, 0.2) is 164 Å². The molecule has 0 saturated carbocycles. The van der Waals surface area contributed by atoms with E-state index in [0.717, 1.165) is 29.5 Å². The molecule has 0 bridgehead atoms. The van der Waals surface area contributed by atoms with Crippen LogP contribution in [0.2, 0.25) is 0 Å². The van der Waals surface area contributed by atoms with E-state index in [1.807, 2.05) is 60.7 Å². The third-order valence-corrected chi connectivity index (χ3v) is 10.7. The van der Waals surface area contributed by atoms with Gasteiger partial charge in [-0.1, -0.05) is 152 Å². The maximum atomic E-state index is 4.95. The molecule has 4 nitrogen and oxygen atoms in total. The van der Waals surface area contributed by atoms with Crippen LogP contribution in [-0.4, -0.2) is 20.5 Å². The van der Waals surface area contributed by atoms with E-state index in [1.165, 1.54) is 55.9 Å². The summed E-state index contributed by atoms with van der Waals surface area (Å²) in [5, 5.41) is 0. The summed E-state index contributed by atoms with van der Waals surface area (Å²) in [6.45, 7) is 2.42. The largest absolute Gasteiger partial charge is 0.330 e. The average molecular weight is 655 g/mol. The van der Waals surface area contributed by atoms with Gasteiger partial charge in [0.2, 0.25) is 0 Å². The minimum atomic E-state index is -0.211. The second kappa shape index (κ2) is 11.6. The number of fused-ring (bicyclic) bond motifs is 7. The van der Waals surface area contributed by atoms with Crippen LogP contribution in [-0.2, 0) is 6.42 Å².